The van der Waals surface area contributed by atoms with Crippen LogP contribution in [0, 0.1) is 5.41 Å². The Bertz CT molecular complexity index is 370. The molecule has 0 amide bonds. The Morgan fingerprint density at radius 2 is 2.24 bits per heavy atom. The number of guanidine groups is 1. The number of nitrogens with zero attached hydrogens (tertiary/aromatic N) is 2. The molecule has 0 aromatic rings. The van der Waals surface area contributed by atoms with E-state index in [-0.39, 0.29) is 29.5 Å². The van der Waals surface area contributed by atoms with Crippen molar-refractivity contribution in [1.82, 2.24) is 10.2 Å². The smallest absolute Gasteiger partial charge is 0.381 e. The fourth-order valence-electron chi connectivity index (χ4n) is 2.83. The number of hydrogen-bond acceptors (Lipinski definition) is 3. The van der Waals surface area contributed by atoms with Crippen molar-refractivity contribution < 1.29 is 17.9 Å². The number of hydrogen-bond donors (Lipinski definition) is 1. The van der Waals surface area contributed by atoms with Crippen LogP contribution in [0.15, 0.2) is 4.99 Å². The zero-order valence-corrected chi connectivity index (χ0v) is 13.0. The Balaban J connectivity index is 1.86. The second kappa shape index (κ2) is 7.09. The highest BCUT2D eigenvalue weighted by atomic mass is 32.2. The summed E-state index contributed by atoms with van der Waals surface area (Å²) in [4.78, 5) is 6.47. The molecule has 1 N–H and O–H groups in total. The van der Waals surface area contributed by atoms with E-state index < -0.39 is 5.51 Å². The summed E-state index contributed by atoms with van der Waals surface area (Å²) in [6.45, 7) is 6.21. The van der Waals surface area contributed by atoms with Crippen LogP contribution in [-0.4, -0.2) is 61.5 Å². The number of thioether (sulfide) groups is 1. The van der Waals surface area contributed by atoms with Gasteiger partial charge in [-0.1, -0.05) is 0 Å². The maximum Gasteiger partial charge on any atom is 0.441 e. The third-order valence-corrected chi connectivity index (χ3v) is 4.59. The van der Waals surface area contributed by atoms with Crippen LogP contribution in [0.2, 0.25) is 0 Å². The topological polar surface area (TPSA) is 36.9 Å². The minimum absolute atomic E-state index is 0.0184. The quantitative estimate of drug-likeness (QED) is 0.489. The summed E-state index contributed by atoms with van der Waals surface area (Å²) < 4.78 is 41.8. The molecule has 122 valence electrons. The van der Waals surface area contributed by atoms with Crippen LogP contribution in [-0.2, 0) is 4.74 Å². The third-order valence-electron chi connectivity index (χ3n) is 3.88. The molecule has 8 heteroatoms. The molecule has 0 aromatic heterocycles. The van der Waals surface area contributed by atoms with Crippen molar-refractivity contribution in [1.29, 1.82) is 0 Å². The van der Waals surface area contributed by atoms with Gasteiger partial charge < -0.3 is 15.0 Å². The molecule has 2 fully saturated rings. The first-order valence-electron chi connectivity index (χ1n) is 7.26. The van der Waals surface area contributed by atoms with E-state index in [1.165, 1.54) is 0 Å². The lowest BCUT2D eigenvalue weighted by atomic mass is 9.87. The van der Waals surface area contributed by atoms with Gasteiger partial charge in [0.15, 0.2) is 5.96 Å². The molecule has 2 aliphatic rings. The predicted octanol–water partition coefficient (Wildman–Crippen LogP) is 2.32. The molecular weight excluding hydrogens is 303 g/mol. The van der Waals surface area contributed by atoms with Crippen LogP contribution in [0.3, 0.4) is 0 Å². The maximum absolute atomic E-state index is 12.1. The fraction of sp³-hybridized carbons (Fsp3) is 0.923. The Labute approximate surface area is 127 Å². The first-order chi connectivity index (χ1) is 9.94. The van der Waals surface area contributed by atoms with Gasteiger partial charge in [0.25, 0.3) is 0 Å². The van der Waals surface area contributed by atoms with Gasteiger partial charge in [-0.2, -0.15) is 13.2 Å². The first kappa shape index (κ1) is 16.7. The first-order valence-corrected chi connectivity index (χ1v) is 8.24. The van der Waals surface area contributed by atoms with Crippen molar-refractivity contribution in [2.75, 3.05) is 45.1 Å². The third kappa shape index (κ3) is 4.95. The molecule has 0 saturated carbocycles. The van der Waals surface area contributed by atoms with Crippen LogP contribution < -0.4 is 5.32 Å². The van der Waals surface area contributed by atoms with Gasteiger partial charge in [-0.05, 0) is 31.5 Å². The molecule has 2 rings (SSSR count). The molecule has 0 aromatic carbocycles. The van der Waals surface area contributed by atoms with Crippen LogP contribution >= 0.6 is 11.8 Å². The van der Waals surface area contributed by atoms with Crippen LogP contribution in [0.5, 0.6) is 0 Å². The average molecular weight is 325 g/mol. The van der Waals surface area contributed by atoms with Crippen molar-refractivity contribution in [2.24, 2.45) is 10.4 Å². The Hall–Kier alpha value is -0.630. The van der Waals surface area contributed by atoms with E-state index in [1.54, 1.807) is 0 Å². The Morgan fingerprint density at radius 1 is 1.43 bits per heavy atom. The van der Waals surface area contributed by atoms with Gasteiger partial charge >= 0.3 is 5.51 Å². The van der Waals surface area contributed by atoms with Crippen molar-refractivity contribution >= 4 is 17.7 Å². The van der Waals surface area contributed by atoms with Crippen LogP contribution in [0.1, 0.15) is 19.8 Å². The molecule has 1 spiro atoms. The highest BCUT2D eigenvalue weighted by Crippen LogP contribution is 2.38. The Morgan fingerprint density at radius 3 is 2.86 bits per heavy atom. The summed E-state index contributed by atoms with van der Waals surface area (Å²) in [5.74, 6) is 0.685. The molecule has 0 radical (unpaired) electrons. The van der Waals surface area contributed by atoms with Gasteiger partial charge in [-0.25, -0.2) is 0 Å². The van der Waals surface area contributed by atoms with Gasteiger partial charge in [-0.15, -0.1) is 0 Å². The summed E-state index contributed by atoms with van der Waals surface area (Å²) in [6, 6.07) is 0. The second-order valence-electron chi connectivity index (χ2n) is 5.50. The minimum Gasteiger partial charge on any atom is -0.381 e. The Kier molecular flexibility index (Phi) is 5.65. The molecule has 21 heavy (non-hydrogen) atoms. The number of likely N-dealkylation sites (tertiary alicyclic amines) is 1. The molecule has 1 atom stereocenters. The van der Waals surface area contributed by atoms with Crippen molar-refractivity contribution in [2.45, 2.75) is 25.3 Å². The molecule has 0 aliphatic carbocycles. The molecular formula is C13H22F3N3OS. The van der Waals surface area contributed by atoms with E-state index in [1.807, 2.05) is 6.92 Å². The van der Waals surface area contributed by atoms with Crippen molar-refractivity contribution in [3.8, 4) is 0 Å². The molecule has 2 aliphatic heterocycles. The summed E-state index contributed by atoms with van der Waals surface area (Å²) in [5, 5.41) is 3.17. The second-order valence-corrected chi connectivity index (χ2v) is 6.66. The standard InChI is InChI=1S/C13H22F3N3OS/c1-2-17-11(18-5-8-21-13(14,15)16)19-6-3-12(9-19)4-7-20-10-12/h2-10H2,1H3,(H,17,18). The van der Waals surface area contributed by atoms with Crippen LogP contribution in [0.25, 0.3) is 0 Å². The summed E-state index contributed by atoms with van der Waals surface area (Å²) in [6.07, 6.45) is 2.13. The number of rotatable bonds is 4. The maximum atomic E-state index is 12.1. The molecule has 2 heterocycles. The zero-order chi connectivity index (χ0) is 15.3. The predicted molar refractivity (Wildman–Crippen MR) is 78.6 cm³/mol. The average Bonchev–Trinajstić information content (AvgIpc) is 3.03. The number of nitrogens with one attached hydrogen (secondary N) is 1. The van der Waals surface area contributed by atoms with Gasteiger partial charge in [-0.3, -0.25) is 4.99 Å². The number of halogens is 3. The lowest BCUT2D eigenvalue weighted by Gasteiger charge is -2.25. The number of alkyl halides is 3. The molecule has 0 bridgehead atoms. The van der Waals surface area contributed by atoms with Crippen molar-refractivity contribution in [3.63, 3.8) is 0 Å². The fourth-order valence-corrected chi connectivity index (χ4v) is 3.24. The van der Waals surface area contributed by atoms with E-state index in [4.69, 9.17) is 4.74 Å². The van der Waals surface area contributed by atoms with E-state index in [2.05, 4.69) is 15.2 Å². The van der Waals surface area contributed by atoms with E-state index in [9.17, 15) is 13.2 Å². The SMILES string of the molecule is CCNC(=NCCSC(F)(F)F)N1CCC2(CCOC2)C1. The van der Waals surface area contributed by atoms with Gasteiger partial charge in [0.1, 0.15) is 0 Å². The van der Waals surface area contributed by atoms with Crippen LogP contribution in [0.4, 0.5) is 13.2 Å². The number of ether oxygens (including phenoxy) is 1. The zero-order valence-electron chi connectivity index (χ0n) is 12.2. The minimum atomic E-state index is -4.17. The van der Waals surface area contributed by atoms with E-state index >= 15 is 0 Å². The summed E-state index contributed by atoms with van der Waals surface area (Å²) >= 11 is -0.0184. The highest BCUT2D eigenvalue weighted by molar-refractivity contribution is 8.00. The lowest BCUT2D eigenvalue weighted by Crippen LogP contribution is -2.41. The molecule has 4 nitrogen and oxygen atoms in total. The van der Waals surface area contributed by atoms with E-state index in [0.29, 0.717) is 6.54 Å². The lowest BCUT2D eigenvalue weighted by molar-refractivity contribution is -0.0327. The summed E-state index contributed by atoms with van der Waals surface area (Å²) in [5.41, 5.74) is -3.95. The largest absolute Gasteiger partial charge is 0.441 e. The molecule has 1 unspecified atom stereocenters. The van der Waals surface area contributed by atoms with Gasteiger partial charge in [0.2, 0.25) is 0 Å². The highest BCUT2D eigenvalue weighted by Gasteiger charge is 2.42. The molecule has 2 saturated heterocycles. The number of aliphatic imine (C=N–C) groups is 1. The van der Waals surface area contributed by atoms with Gasteiger partial charge in [0.05, 0.1) is 13.2 Å². The van der Waals surface area contributed by atoms with Gasteiger partial charge in [0, 0.05) is 37.4 Å². The van der Waals surface area contributed by atoms with E-state index in [0.717, 1.165) is 45.1 Å². The normalized spacial score (nSPS) is 26.9. The van der Waals surface area contributed by atoms with Crippen molar-refractivity contribution in [3.05, 3.63) is 0 Å². The monoisotopic (exact) mass is 325 g/mol. The summed E-state index contributed by atoms with van der Waals surface area (Å²) in [7, 11) is 0.